The van der Waals surface area contributed by atoms with Crippen molar-refractivity contribution in [3.05, 3.63) is 33.8 Å². The van der Waals surface area contributed by atoms with Crippen molar-refractivity contribution in [3.63, 3.8) is 0 Å². The van der Waals surface area contributed by atoms with Gasteiger partial charge in [-0.3, -0.25) is 4.79 Å². The molecule has 1 aromatic carbocycles. The largest absolute Gasteiger partial charge is 0.469 e. The molecule has 0 aliphatic heterocycles. The minimum atomic E-state index is -4.45. The van der Waals surface area contributed by atoms with Crippen LogP contribution in [0, 0.1) is 0 Å². The predicted octanol–water partition coefficient (Wildman–Crippen LogP) is 3.45. The van der Waals surface area contributed by atoms with Crippen molar-refractivity contribution in [3.8, 4) is 0 Å². The van der Waals surface area contributed by atoms with Gasteiger partial charge in [0.1, 0.15) is 0 Å². The lowest BCUT2D eigenvalue weighted by Crippen LogP contribution is -2.17. The molecule has 1 atom stereocenters. The summed E-state index contributed by atoms with van der Waals surface area (Å²) in [5, 5.41) is 0. The maximum Gasteiger partial charge on any atom is 0.416 e. The molecule has 0 heterocycles. The minimum Gasteiger partial charge on any atom is -0.469 e. The normalized spacial score (nSPS) is 12.5. The van der Waals surface area contributed by atoms with E-state index in [0.29, 0.717) is 0 Å². The zero-order chi connectivity index (χ0) is 13.9. The molecule has 0 bridgehead atoms. The third-order valence-corrected chi connectivity index (χ3v) is 2.75. The summed E-state index contributed by atoms with van der Waals surface area (Å²) in [6, 6.07) is 2.49. The molecule has 0 aliphatic rings. The van der Waals surface area contributed by atoms with E-state index in [1.807, 2.05) is 0 Å². The summed E-state index contributed by atoms with van der Waals surface area (Å²) in [6.45, 7) is 0. The van der Waals surface area contributed by atoms with Crippen molar-refractivity contribution < 1.29 is 22.7 Å². The van der Waals surface area contributed by atoms with Crippen molar-refractivity contribution in [2.45, 2.75) is 18.6 Å². The van der Waals surface area contributed by atoms with Gasteiger partial charge in [0.2, 0.25) is 0 Å². The molecule has 0 amide bonds. The Kier molecular flexibility index (Phi) is 6.82. The molecule has 3 nitrogen and oxygen atoms in total. The summed E-state index contributed by atoms with van der Waals surface area (Å²) in [6.07, 6.45) is -4.63. The van der Waals surface area contributed by atoms with Crippen LogP contribution in [0.3, 0.4) is 0 Å². The Hall–Kier alpha value is -0.790. The van der Waals surface area contributed by atoms with Crippen molar-refractivity contribution in [2.75, 3.05) is 7.11 Å². The van der Waals surface area contributed by atoms with Gasteiger partial charge in [-0.15, -0.1) is 12.4 Å². The molecule has 1 aromatic rings. The maximum atomic E-state index is 12.6. The van der Waals surface area contributed by atoms with Gasteiger partial charge in [-0.2, -0.15) is 13.2 Å². The van der Waals surface area contributed by atoms with Crippen molar-refractivity contribution >= 4 is 34.3 Å². The quantitative estimate of drug-likeness (QED) is 0.838. The summed E-state index contributed by atoms with van der Waals surface area (Å²) >= 11 is 2.99. The smallest absolute Gasteiger partial charge is 0.416 e. The van der Waals surface area contributed by atoms with Gasteiger partial charge < -0.3 is 10.5 Å². The first-order valence-corrected chi connectivity index (χ1v) is 5.73. The molecule has 0 radical (unpaired) electrons. The Morgan fingerprint density at radius 3 is 2.47 bits per heavy atom. The van der Waals surface area contributed by atoms with Crippen LogP contribution in [-0.2, 0) is 15.7 Å². The van der Waals surface area contributed by atoms with Crippen LogP contribution in [0.4, 0.5) is 13.2 Å². The maximum absolute atomic E-state index is 12.6. The average Bonchev–Trinajstić information content (AvgIpc) is 2.26. The molecule has 0 saturated heterocycles. The molecule has 1 rings (SSSR count). The fourth-order valence-corrected chi connectivity index (χ4v) is 1.88. The van der Waals surface area contributed by atoms with E-state index in [-0.39, 0.29) is 28.9 Å². The molecule has 0 unspecified atom stereocenters. The van der Waals surface area contributed by atoms with Gasteiger partial charge in [0.15, 0.2) is 0 Å². The van der Waals surface area contributed by atoms with E-state index >= 15 is 0 Å². The van der Waals surface area contributed by atoms with Crippen molar-refractivity contribution in [2.24, 2.45) is 5.73 Å². The van der Waals surface area contributed by atoms with Gasteiger partial charge in [0.25, 0.3) is 0 Å². The monoisotopic (exact) mass is 361 g/mol. The SMILES string of the molecule is COC(=O)C[C@H](N)c1cc(Br)cc(C(F)(F)F)c1.Cl. The Bertz CT molecular complexity index is 454. The highest BCUT2D eigenvalue weighted by molar-refractivity contribution is 9.10. The third-order valence-electron chi connectivity index (χ3n) is 2.29. The molecule has 8 heteroatoms. The van der Waals surface area contributed by atoms with E-state index in [1.54, 1.807) is 0 Å². The number of carbonyl (C=O) groups is 1. The van der Waals surface area contributed by atoms with Crippen LogP contribution < -0.4 is 5.73 Å². The molecule has 0 spiro atoms. The second-order valence-electron chi connectivity index (χ2n) is 3.66. The Morgan fingerprint density at radius 2 is 2.00 bits per heavy atom. The predicted molar refractivity (Wildman–Crippen MR) is 70.0 cm³/mol. The number of nitrogens with two attached hydrogens (primary N) is 1. The van der Waals surface area contributed by atoms with Crippen LogP contribution in [0.25, 0.3) is 0 Å². The third kappa shape index (κ3) is 5.38. The average molecular weight is 363 g/mol. The van der Waals surface area contributed by atoms with Gasteiger partial charge in [0.05, 0.1) is 19.1 Å². The van der Waals surface area contributed by atoms with E-state index in [2.05, 4.69) is 20.7 Å². The molecule has 0 fully saturated rings. The molecule has 0 aliphatic carbocycles. The molecular formula is C11H12BrClF3NO2. The lowest BCUT2D eigenvalue weighted by molar-refractivity contribution is -0.141. The topological polar surface area (TPSA) is 52.3 Å². The van der Waals surface area contributed by atoms with Crippen LogP contribution in [0.15, 0.2) is 22.7 Å². The first-order valence-electron chi connectivity index (χ1n) is 4.94. The number of benzene rings is 1. The second kappa shape index (κ2) is 7.12. The van der Waals surface area contributed by atoms with E-state index in [0.717, 1.165) is 12.1 Å². The fourth-order valence-electron chi connectivity index (χ4n) is 1.37. The lowest BCUT2D eigenvalue weighted by Gasteiger charge is -2.14. The van der Waals surface area contributed by atoms with E-state index in [1.165, 1.54) is 13.2 Å². The second-order valence-corrected chi connectivity index (χ2v) is 4.57. The van der Waals surface area contributed by atoms with Crippen molar-refractivity contribution in [1.82, 2.24) is 0 Å². The van der Waals surface area contributed by atoms with Crippen LogP contribution in [0.5, 0.6) is 0 Å². The highest BCUT2D eigenvalue weighted by atomic mass is 79.9. The number of methoxy groups -OCH3 is 1. The number of esters is 1. The van der Waals surface area contributed by atoms with Crippen molar-refractivity contribution in [1.29, 1.82) is 0 Å². The summed E-state index contributed by atoms with van der Waals surface area (Å²) in [4.78, 5) is 11.0. The Labute approximate surface area is 122 Å². The highest BCUT2D eigenvalue weighted by Crippen LogP contribution is 2.33. The zero-order valence-electron chi connectivity index (χ0n) is 9.83. The van der Waals surface area contributed by atoms with Crippen LogP contribution in [0.2, 0.25) is 0 Å². The number of halogens is 5. The number of ether oxygens (including phenoxy) is 1. The van der Waals surface area contributed by atoms with Gasteiger partial charge in [-0.25, -0.2) is 0 Å². The summed E-state index contributed by atoms with van der Waals surface area (Å²) < 4.78 is 42.4. The number of rotatable bonds is 3. The summed E-state index contributed by atoms with van der Waals surface area (Å²) in [7, 11) is 1.19. The summed E-state index contributed by atoms with van der Waals surface area (Å²) in [5.41, 5.74) is 5.07. The zero-order valence-corrected chi connectivity index (χ0v) is 12.2. The molecule has 0 saturated carbocycles. The molecular weight excluding hydrogens is 350 g/mol. The molecule has 19 heavy (non-hydrogen) atoms. The lowest BCUT2D eigenvalue weighted by atomic mass is 10.0. The van der Waals surface area contributed by atoms with Crippen LogP contribution in [-0.4, -0.2) is 13.1 Å². The number of carbonyl (C=O) groups excluding carboxylic acids is 1. The molecule has 2 N–H and O–H groups in total. The van der Waals surface area contributed by atoms with E-state index < -0.39 is 23.8 Å². The standard InChI is InChI=1S/C11H11BrF3NO2.ClH/c1-18-10(17)5-9(16)6-2-7(11(13,14)15)4-8(12)3-6;/h2-4,9H,5,16H2,1H3;1H/t9-;/m0./s1. The van der Waals surface area contributed by atoms with Gasteiger partial charge in [0, 0.05) is 10.5 Å². The van der Waals surface area contributed by atoms with E-state index in [4.69, 9.17) is 5.73 Å². The minimum absolute atomic E-state index is 0. The van der Waals surface area contributed by atoms with Gasteiger partial charge in [-0.1, -0.05) is 15.9 Å². The number of hydrogen-bond acceptors (Lipinski definition) is 3. The van der Waals surface area contributed by atoms with Gasteiger partial charge >= 0.3 is 12.1 Å². The molecule has 108 valence electrons. The fraction of sp³-hybridized carbons (Fsp3) is 0.364. The number of hydrogen-bond donors (Lipinski definition) is 1. The Morgan fingerprint density at radius 1 is 1.42 bits per heavy atom. The Balaban J connectivity index is 0.00000324. The highest BCUT2D eigenvalue weighted by Gasteiger charge is 2.31. The van der Waals surface area contributed by atoms with Crippen LogP contribution >= 0.6 is 28.3 Å². The first-order chi connectivity index (χ1) is 8.24. The van der Waals surface area contributed by atoms with E-state index in [9.17, 15) is 18.0 Å². The molecule has 0 aromatic heterocycles. The number of alkyl halides is 3. The summed E-state index contributed by atoms with van der Waals surface area (Å²) in [5.74, 6) is -0.573. The first kappa shape index (κ1) is 18.2. The van der Waals surface area contributed by atoms with Crippen LogP contribution in [0.1, 0.15) is 23.6 Å². The van der Waals surface area contributed by atoms with Gasteiger partial charge in [-0.05, 0) is 23.8 Å².